The van der Waals surface area contributed by atoms with Crippen molar-refractivity contribution in [2.24, 2.45) is 0 Å². The summed E-state index contributed by atoms with van der Waals surface area (Å²) >= 11 is 0. The van der Waals surface area contributed by atoms with Crippen LogP contribution in [0, 0.1) is 0 Å². The lowest BCUT2D eigenvalue weighted by Gasteiger charge is -2.36. The maximum Gasteiger partial charge on any atom is 0.322 e. The fourth-order valence-corrected chi connectivity index (χ4v) is 5.26. The van der Waals surface area contributed by atoms with Gasteiger partial charge in [0.2, 0.25) is 0 Å². The van der Waals surface area contributed by atoms with Crippen molar-refractivity contribution in [2.75, 3.05) is 42.7 Å². The van der Waals surface area contributed by atoms with Crippen LogP contribution in [0.4, 0.5) is 16.2 Å². The van der Waals surface area contributed by atoms with E-state index in [4.69, 9.17) is 0 Å². The molecule has 1 fully saturated rings. The number of piperazine rings is 1. The molecule has 0 aromatic heterocycles. The number of hydrogen-bond donors (Lipinski definition) is 1. The second-order valence-electron chi connectivity index (χ2n) is 9.18. The molecule has 0 atom stereocenters. The Labute approximate surface area is 211 Å². The van der Waals surface area contributed by atoms with Crippen LogP contribution in [0.3, 0.4) is 0 Å². The minimum atomic E-state index is -3.29. The maximum absolute atomic E-state index is 12.8. The molecule has 0 spiro atoms. The monoisotopic (exact) mass is 504 g/mol. The fourth-order valence-electron chi connectivity index (χ4n) is 4.63. The molecule has 2 aliphatic heterocycles. The number of nitrogens with zero attached hydrogens (tertiary/aromatic N) is 3. The Hall–Kier alpha value is -3.85. The molecule has 36 heavy (non-hydrogen) atoms. The van der Waals surface area contributed by atoms with Gasteiger partial charge in [0.1, 0.15) is 0 Å². The lowest BCUT2D eigenvalue weighted by atomic mass is 10.1. The molecule has 0 radical (unpaired) electrons. The minimum absolute atomic E-state index is 0.100. The van der Waals surface area contributed by atoms with Crippen LogP contribution in [0.2, 0.25) is 0 Å². The molecule has 1 saturated heterocycles. The van der Waals surface area contributed by atoms with Crippen LogP contribution < -0.4 is 10.2 Å². The Balaban J connectivity index is 1.14. The third-order valence-electron chi connectivity index (χ3n) is 6.71. The van der Waals surface area contributed by atoms with Crippen LogP contribution in [-0.2, 0) is 22.9 Å². The summed E-state index contributed by atoms with van der Waals surface area (Å²) < 4.78 is 23.3. The van der Waals surface area contributed by atoms with E-state index < -0.39 is 9.84 Å². The molecular weight excluding hydrogens is 476 g/mol. The number of carbonyl (C=O) groups excluding carboxylic acids is 2. The molecule has 1 N–H and O–H groups in total. The van der Waals surface area contributed by atoms with E-state index >= 15 is 0 Å². The zero-order valence-electron chi connectivity index (χ0n) is 20.1. The van der Waals surface area contributed by atoms with Crippen molar-refractivity contribution >= 4 is 33.2 Å². The molecule has 2 aliphatic rings. The molecule has 186 valence electrons. The summed E-state index contributed by atoms with van der Waals surface area (Å²) in [6, 6.07) is 21.8. The number of urea groups is 1. The highest BCUT2D eigenvalue weighted by atomic mass is 32.2. The summed E-state index contributed by atoms with van der Waals surface area (Å²) in [5.74, 6) is -0.100. The highest BCUT2D eigenvalue weighted by Crippen LogP contribution is 2.24. The number of amides is 3. The van der Waals surface area contributed by atoms with Gasteiger partial charge in [-0.05, 0) is 59.7 Å². The number of hydrogen-bond acceptors (Lipinski definition) is 5. The van der Waals surface area contributed by atoms with E-state index in [-0.39, 0.29) is 16.8 Å². The summed E-state index contributed by atoms with van der Waals surface area (Å²) in [6.07, 6.45) is 1.15. The number of rotatable bonds is 4. The lowest BCUT2D eigenvalue weighted by molar-refractivity contribution is 0.0746. The molecule has 2 heterocycles. The Morgan fingerprint density at radius 1 is 0.750 bits per heavy atom. The zero-order valence-corrected chi connectivity index (χ0v) is 20.9. The fraction of sp³-hybridized carbons (Fsp3) is 0.259. The number of carbonyl (C=O) groups is 2. The molecule has 0 unspecified atom stereocenters. The summed E-state index contributed by atoms with van der Waals surface area (Å²) in [6.45, 7) is 3.74. The number of sulfone groups is 1. The molecular formula is C27H28N4O4S. The number of nitrogens with one attached hydrogen (secondary N) is 1. The van der Waals surface area contributed by atoms with Crippen LogP contribution in [-0.4, -0.2) is 62.6 Å². The van der Waals surface area contributed by atoms with E-state index in [1.807, 2.05) is 36.4 Å². The van der Waals surface area contributed by atoms with E-state index in [1.165, 1.54) is 23.3 Å². The molecule has 0 bridgehead atoms. The molecule has 3 aromatic rings. The van der Waals surface area contributed by atoms with Gasteiger partial charge in [0.05, 0.1) is 4.90 Å². The largest absolute Gasteiger partial charge is 0.368 e. The van der Waals surface area contributed by atoms with E-state index in [0.717, 1.165) is 17.6 Å². The first-order valence-electron chi connectivity index (χ1n) is 11.8. The average Bonchev–Trinajstić information content (AvgIpc) is 3.33. The number of benzene rings is 3. The summed E-state index contributed by atoms with van der Waals surface area (Å²) in [5, 5.41) is 2.98. The smallest absolute Gasteiger partial charge is 0.322 e. The summed E-state index contributed by atoms with van der Waals surface area (Å²) in [7, 11) is -3.29. The Kier molecular flexibility index (Phi) is 6.40. The van der Waals surface area contributed by atoms with E-state index in [0.29, 0.717) is 44.8 Å². The standard InChI is InChI=1S/C27H28N4O4S/c1-36(34,35)25-12-6-20(7-13-25)26(32)30-16-14-29(15-17-30)24-10-8-23(9-11-24)28-27(33)31-18-21-4-2-3-5-22(21)19-31/h2-13H,14-19H2,1H3,(H,28,33). The zero-order chi connectivity index (χ0) is 25.3. The molecule has 0 aliphatic carbocycles. The van der Waals surface area contributed by atoms with E-state index in [2.05, 4.69) is 22.3 Å². The second-order valence-corrected chi connectivity index (χ2v) is 11.2. The van der Waals surface area contributed by atoms with Crippen LogP contribution in [0.15, 0.2) is 77.7 Å². The first-order valence-corrected chi connectivity index (χ1v) is 13.7. The van der Waals surface area contributed by atoms with E-state index in [1.54, 1.807) is 21.9 Å². The van der Waals surface area contributed by atoms with Gasteiger partial charge in [0, 0.05) is 62.5 Å². The summed E-state index contributed by atoms with van der Waals surface area (Å²) in [5.41, 5.74) is 4.63. The van der Waals surface area contributed by atoms with Crippen molar-refractivity contribution in [1.29, 1.82) is 0 Å². The van der Waals surface area contributed by atoms with Crippen molar-refractivity contribution in [3.63, 3.8) is 0 Å². The van der Waals surface area contributed by atoms with Crippen LogP contribution >= 0.6 is 0 Å². The van der Waals surface area contributed by atoms with Gasteiger partial charge >= 0.3 is 6.03 Å². The maximum atomic E-state index is 12.8. The number of fused-ring (bicyclic) bond motifs is 1. The van der Waals surface area contributed by atoms with Gasteiger partial charge in [-0.1, -0.05) is 24.3 Å². The molecule has 9 heteroatoms. The van der Waals surface area contributed by atoms with Crippen LogP contribution in [0.25, 0.3) is 0 Å². The molecule has 5 rings (SSSR count). The Morgan fingerprint density at radius 2 is 1.33 bits per heavy atom. The SMILES string of the molecule is CS(=O)(=O)c1ccc(C(=O)N2CCN(c3ccc(NC(=O)N4Cc5ccccc5C4)cc3)CC2)cc1. The third-order valence-corrected chi connectivity index (χ3v) is 7.84. The van der Waals surface area contributed by atoms with Crippen molar-refractivity contribution in [3.8, 4) is 0 Å². The van der Waals surface area contributed by atoms with Crippen molar-refractivity contribution in [1.82, 2.24) is 9.80 Å². The Bertz CT molecular complexity index is 1360. The second kappa shape index (κ2) is 9.66. The van der Waals surface area contributed by atoms with Gasteiger partial charge in [0.25, 0.3) is 5.91 Å². The van der Waals surface area contributed by atoms with Gasteiger partial charge in [0.15, 0.2) is 9.84 Å². The number of anilines is 2. The van der Waals surface area contributed by atoms with Crippen molar-refractivity contribution in [3.05, 3.63) is 89.5 Å². The molecule has 3 amide bonds. The summed E-state index contributed by atoms with van der Waals surface area (Å²) in [4.78, 5) is 31.5. The Morgan fingerprint density at radius 3 is 1.89 bits per heavy atom. The van der Waals surface area contributed by atoms with Gasteiger partial charge in [-0.25, -0.2) is 13.2 Å². The van der Waals surface area contributed by atoms with Crippen LogP contribution in [0.1, 0.15) is 21.5 Å². The average molecular weight is 505 g/mol. The van der Waals surface area contributed by atoms with Gasteiger partial charge in [-0.2, -0.15) is 0 Å². The van der Waals surface area contributed by atoms with Crippen LogP contribution in [0.5, 0.6) is 0 Å². The normalized spacial score (nSPS) is 15.5. The topological polar surface area (TPSA) is 90.0 Å². The minimum Gasteiger partial charge on any atom is -0.368 e. The quantitative estimate of drug-likeness (QED) is 0.587. The van der Waals surface area contributed by atoms with E-state index in [9.17, 15) is 18.0 Å². The highest BCUT2D eigenvalue weighted by molar-refractivity contribution is 7.90. The molecule has 3 aromatic carbocycles. The third kappa shape index (κ3) is 5.06. The predicted octanol–water partition coefficient (Wildman–Crippen LogP) is 3.60. The van der Waals surface area contributed by atoms with Crippen molar-refractivity contribution < 1.29 is 18.0 Å². The van der Waals surface area contributed by atoms with Crippen molar-refractivity contribution in [2.45, 2.75) is 18.0 Å². The lowest BCUT2D eigenvalue weighted by Crippen LogP contribution is -2.48. The van der Waals surface area contributed by atoms with Gasteiger partial charge in [-0.3, -0.25) is 4.79 Å². The predicted molar refractivity (Wildman–Crippen MR) is 139 cm³/mol. The van der Waals surface area contributed by atoms with Gasteiger partial charge in [-0.15, -0.1) is 0 Å². The first-order chi connectivity index (χ1) is 17.3. The van der Waals surface area contributed by atoms with Gasteiger partial charge < -0.3 is 20.0 Å². The molecule has 0 saturated carbocycles. The highest BCUT2D eigenvalue weighted by Gasteiger charge is 2.24. The first kappa shape index (κ1) is 23.9. The molecule has 8 nitrogen and oxygen atoms in total.